The fourth-order valence-electron chi connectivity index (χ4n) is 3.60. The van der Waals surface area contributed by atoms with E-state index in [4.69, 9.17) is 9.47 Å². The minimum absolute atomic E-state index is 0.0434. The monoisotopic (exact) mass is 336 g/mol. The van der Waals surface area contributed by atoms with Crippen molar-refractivity contribution in [2.24, 2.45) is 5.41 Å². The molecule has 24 heavy (non-hydrogen) atoms. The normalized spacial score (nSPS) is 33.7. The van der Waals surface area contributed by atoms with Gasteiger partial charge in [0.05, 0.1) is 24.0 Å². The van der Waals surface area contributed by atoms with Gasteiger partial charge in [0.15, 0.2) is 0 Å². The Hall–Kier alpha value is -1.46. The zero-order valence-electron chi connectivity index (χ0n) is 15.0. The molecule has 2 fully saturated rings. The average molecular weight is 336 g/mol. The predicted octanol–water partition coefficient (Wildman–Crippen LogP) is 2.72. The Kier molecular flexibility index (Phi) is 5.99. The Bertz CT molecular complexity index is 558. The molecule has 0 amide bonds. The highest BCUT2D eigenvalue weighted by atomic mass is 16.6. The fourth-order valence-corrected chi connectivity index (χ4v) is 3.60. The van der Waals surface area contributed by atoms with E-state index in [0.29, 0.717) is 0 Å². The van der Waals surface area contributed by atoms with Crippen LogP contribution in [0.3, 0.4) is 0 Å². The van der Waals surface area contributed by atoms with Crippen molar-refractivity contribution in [3.63, 3.8) is 0 Å². The topological polar surface area (TPSA) is 72.8 Å². The van der Waals surface area contributed by atoms with Gasteiger partial charge in [0, 0.05) is 13.5 Å². The molecular formula is C19H28O5. The number of hydrogen-bond donors (Lipinski definition) is 1. The van der Waals surface area contributed by atoms with Gasteiger partial charge in [-0.1, -0.05) is 17.2 Å². The molecule has 2 rings (SSSR count). The molecule has 1 aliphatic carbocycles. The van der Waals surface area contributed by atoms with Gasteiger partial charge in [-0.15, -0.1) is 0 Å². The Morgan fingerprint density at radius 2 is 2.08 bits per heavy atom. The molecular weight excluding hydrogens is 308 g/mol. The molecule has 1 spiro atoms. The number of carbonyl (C=O) groups is 2. The van der Waals surface area contributed by atoms with Crippen LogP contribution in [0.25, 0.3) is 0 Å². The van der Waals surface area contributed by atoms with E-state index < -0.39 is 23.7 Å². The lowest BCUT2D eigenvalue weighted by molar-refractivity contribution is -0.148. The third-order valence-electron chi connectivity index (χ3n) is 5.04. The van der Waals surface area contributed by atoms with Crippen LogP contribution in [0.1, 0.15) is 52.9 Å². The maximum absolute atomic E-state index is 12.7. The van der Waals surface area contributed by atoms with Crippen LogP contribution in [-0.4, -0.2) is 42.3 Å². The zero-order chi connectivity index (χ0) is 17.9. The number of aliphatic hydroxyl groups excluding tert-OH is 1. The van der Waals surface area contributed by atoms with Crippen LogP contribution in [0.15, 0.2) is 23.3 Å². The zero-order valence-corrected chi connectivity index (χ0v) is 15.0. The van der Waals surface area contributed by atoms with Crippen LogP contribution in [-0.2, 0) is 19.1 Å². The molecule has 4 atom stereocenters. The number of hydrogen-bond acceptors (Lipinski definition) is 5. The molecule has 1 saturated heterocycles. The van der Waals surface area contributed by atoms with E-state index in [1.54, 1.807) is 0 Å². The van der Waals surface area contributed by atoms with E-state index in [9.17, 15) is 14.7 Å². The fraction of sp³-hybridized carbons (Fsp3) is 0.684. The predicted molar refractivity (Wildman–Crippen MR) is 90.4 cm³/mol. The van der Waals surface area contributed by atoms with Crippen molar-refractivity contribution >= 4 is 11.8 Å². The summed E-state index contributed by atoms with van der Waals surface area (Å²) in [6.07, 6.45) is 4.35. The van der Waals surface area contributed by atoms with E-state index >= 15 is 0 Å². The van der Waals surface area contributed by atoms with Crippen LogP contribution >= 0.6 is 0 Å². The van der Waals surface area contributed by atoms with E-state index in [1.165, 1.54) is 12.7 Å². The second-order valence-electron chi connectivity index (χ2n) is 7.25. The molecule has 0 aromatic rings. The van der Waals surface area contributed by atoms with Crippen LogP contribution in [0.5, 0.6) is 0 Å². The van der Waals surface area contributed by atoms with Gasteiger partial charge in [-0.05, 0) is 46.1 Å². The summed E-state index contributed by atoms with van der Waals surface area (Å²) in [5, 5.41) is 10.3. The van der Waals surface area contributed by atoms with Gasteiger partial charge < -0.3 is 14.6 Å². The summed E-state index contributed by atoms with van der Waals surface area (Å²) in [4.78, 5) is 24.6. The highest BCUT2D eigenvalue weighted by Gasteiger charge is 2.57. The molecule has 1 N–H and O–H groups in total. The number of allylic oxidation sites excluding steroid dienone is 3. The summed E-state index contributed by atoms with van der Waals surface area (Å²) in [6.45, 7) is 6.10. The van der Waals surface area contributed by atoms with E-state index in [-0.39, 0.29) is 31.0 Å². The molecule has 0 radical (unpaired) electrons. The molecule has 5 heteroatoms. The first-order valence-corrected chi connectivity index (χ1v) is 8.53. The summed E-state index contributed by atoms with van der Waals surface area (Å²) in [5.74, 6) is -0.423. The van der Waals surface area contributed by atoms with Gasteiger partial charge in [0.2, 0.25) is 0 Å². The Balaban J connectivity index is 2.18. The molecule has 1 aliphatic heterocycles. The third kappa shape index (κ3) is 3.95. The van der Waals surface area contributed by atoms with Crippen LogP contribution in [0, 0.1) is 5.41 Å². The first kappa shape index (κ1) is 18.9. The minimum Gasteiger partial charge on any atom is -0.457 e. The Morgan fingerprint density at radius 1 is 1.38 bits per heavy atom. The third-order valence-corrected chi connectivity index (χ3v) is 5.04. The van der Waals surface area contributed by atoms with E-state index in [1.807, 2.05) is 13.0 Å². The number of Topliss-reactive ketones (excluding diaryl/α,β-unsaturated/α-hetero) is 1. The lowest BCUT2D eigenvalue weighted by Gasteiger charge is -2.39. The highest BCUT2D eigenvalue weighted by molar-refractivity contribution is 5.93. The summed E-state index contributed by atoms with van der Waals surface area (Å²) in [5.41, 5.74) is 1.41. The summed E-state index contributed by atoms with van der Waals surface area (Å²) >= 11 is 0. The molecule has 5 nitrogen and oxygen atoms in total. The average Bonchev–Trinajstić information content (AvgIpc) is 2.79. The smallest absolute Gasteiger partial charge is 0.307 e. The molecule has 0 aromatic carbocycles. The lowest BCUT2D eigenvalue weighted by atomic mass is 9.66. The van der Waals surface area contributed by atoms with Crippen LogP contribution < -0.4 is 0 Å². The molecule has 1 heterocycles. The molecule has 134 valence electrons. The number of cyclic esters (lactones) is 1. The molecule has 2 aliphatic rings. The van der Waals surface area contributed by atoms with Crippen molar-refractivity contribution in [3.8, 4) is 0 Å². The Labute approximate surface area is 143 Å². The van der Waals surface area contributed by atoms with Gasteiger partial charge >= 0.3 is 5.97 Å². The van der Waals surface area contributed by atoms with Crippen LogP contribution in [0.2, 0.25) is 0 Å². The van der Waals surface area contributed by atoms with E-state index in [0.717, 1.165) is 18.4 Å². The largest absolute Gasteiger partial charge is 0.457 e. The number of methoxy groups -OCH3 is 1. The second kappa shape index (κ2) is 7.62. The van der Waals surface area contributed by atoms with Crippen molar-refractivity contribution in [2.45, 2.75) is 71.2 Å². The van der Waals surface area contributed by atoms with Crippen molar-refractivity contribution in [1.82, 2.24) is 0 Å². The van der Waals surface area contributed by atoms with Crippen molar-refractivity contribution in [3.05, 3.63) is 23.3 Å². The Morgan fingerprint density at radius 3 is 2.71 bits per heavy atom. The van der Waals surface area contributed by atoms with Gasteiger partial charge in [0.1, 0.15) is 11.9 Å². The molecule has 0 bridgehead atoms. The van der Waals surface area contributed by atoms with Crippen molar-refractivity contribution < 1.29 is 24.2 Å². The van der Waals surface area contributed by atoms with Crippen molar-refractivity contribution in [1.29, 1.82) is 0 Å². The van der Waals surface area contributed by atoms with Gasteiger partial charge in [-0.3, -0.25) is 9.59 Å². The lowest BCUT2D eigenvalue weighted by Crippen LogP contribution is -2.51. The molecule has 0 unspecified atom stereocenters. The second-order valence-corrected chi connectivity index (χ2v) is 7.25. The van der Waals surface area contributed by atoms with Gasteiger partial charge in [0.25, 0.3) is 0 Å². The highest BCUT2D eigenvalue weighted by Crippen LogP contribution is 2.46. The number of aliphatic hydroxyl groups is 1. The summed E-state index contributed by atoms with van der Waals surface area (Å²) < 4.78 is 10.6. The molecule has 1 saturated carbocycles. The SMILES string of the molecule is CO[C@H]1CC(=O)[C@@]2(CC(=O)O[C@@H]2/C=C(\C)CCC=C(C)C)C[C@@H]1O. The molecule has 0 aromatic heterocycles. The maximum Gasteiger partial charge on any atom is 0.307 e. The number of ketones is 1. The maximum atomic E-state index is 12.7. The first-order valence-electron chi connectivity index (χ1n) is 8.53. The quantitative estimate of drug-likeness (QED) is 0.617. The van der Waals surface area contributed by atoms with Crippen LogP contribution in [0.4, 0.5) is 0 Å². The summed E-state index contributed by atoms with van der Waals surface area (Å²) in [6, 6.07) is 0. The number of esters is 1. The standard InChI is InChI=1S/C19H28O5/c1-12(2)6-5-7-13(3)8-17-19(11-18(22)24-17)10-14(20)15(23-4)9-16(19)21/h6,8,14-15,17,20H,5,7,9-11H2,1-4H3/b13-8+/t14-,15-,17+,19-/m0/s1. The first-order chi connectivity index (χ1) is 11.3. The minimum atomic E-state index is -0.941. The van der Waals surface area contributed by atoms with Gasteiger partial charge in [-0.2, -0.15) is 0 Å². The van der Waals surface area contributed by atoms with Gasteiger partial charge in [-0.25, -0.2) is 0 Å². The van der Waals surface area contributed by atoms with Crippen molar-refractivity contribution in [2.75, 3.05) is 7.11 Å². The summed E-state index contributed by atoms with van der Waals surface area (Å²) in [7, 11) is 1.49. The number of ether oxygens (including phenoxy) is 2. The van der Waals surface area contributed by atoms with E-state index in [2.05, 4.69) is 19.9 Å². The number of carbonyl (C=O) groups excluding carboxylic acids is 2. The number of rotatable bonds is 5.